The Hall–Kier alpha value is -1.51. The fourth-order valence-corrected chi connectivity index (χ4v) is 4.95. The summed E-state index contributed by atoms with van der Waals surface area (Å²) in [5.74, 6) is 2.31. The van der Waals surface area contributed by atoms with Crippen LogP contribution in [0.3, 0.4) is 0 Å². The number of benzene rings is 1. The normalized spacial score (nSPS) is 38.6. The molecule has 106 valence electrons. The minimum Gasteiger partial charge on any atom is -0.508 e. The van der Waals surface area contributed by atoms with Crippen molar-refractivity contribution in [1.82, 2.24) is 5.32 Å². The Bertz CT molecular complexity index is 582. The van der Waals surface area contributed by atoms with Crippen molar-refractivity contribution in [3.63, 3.8) is 0 Å². The van der Waals surface area contributed by atoms with Crippen LogP contribution >= 0.6 is 0 Å². The molecule has 0 radical (unpaired) electrons. The number of aryl methyl sites for hydroxylation is 1. The van der Waals surface area contributed by atoms with Gasteiger partial charge in [0.25, 0.3) is 0 Å². The summed E-state index contributed by atoms with van der Waals surface area (Å²) < 4.78 is 0. The Morgan fingerprint density at radius 1 is 1.35 bits per heavy atom. The highest BCUT2D eigenvalue weighted by Crippen LogP contribution is 2.56. The van der Waals surface area contributed by atoms with Crippen molar-refractivity contribution >= 4 is 5.91 Å². The maximum Gasteiger partial charge on any atom is 0.226 e. The second-order valence-corrected chi connectivity index (χ2v) is 6.96. The number of rotatable bonds is 0. The topological polar surface area (TPSA) is 49.3 Å². The lowest BCUT2D eigenvalue weighted by molar-refractivity contribution is -0.130. The van der Waals surface area contributed by atoms with Gasteiger partial charge in [0.15, 0.2) is 0 Å². The fraction of sp³-hybridized carbons (Fsp3) is 0.588. The van der Waals surface area contributed by atoms with Crippen molar-refractivity contribution in [2.24, 2.45) is 17.3 Å². The minimum absolute atomic E-state index is 0.143. The van der Waals surface area contributed by atoms with Crippen LogP contribution in [0.25, 0.3) is 0 Å². The molecule has 4 rings (SSSR count). The van der Waals surface area contributed by atoms with Gasteiger partial charge >= 0.3 is 0 Å². The quantitative estimate of drug-likeness (QED) is 0.762. The molecule has 4 atom stereocenters. The third-order valence-electron chi connectivity index (χ3n) is 6.10. The number of phenolic OH excluding ortho intramolecular Hbond substituents is 1. The predicted molar refractivity (Wildman–Crippen MR) is 76.5 cm³/mol. The van der Waals surface area contributed by atoms with E-state index in [2.05, 4.69) is 18.3 Å². The molecule has 3 nitrogen and oxygen atoms in total. The van der Waals surface area contributed by atoms with E-state index in [1.807, 2.05) is 12.1 Å². The number of phenols is 1. The largest absolute Gasteiger partial charge is 0.508 e. The van der Waals surface area contributed by atoms with E-state index in [1.54, 1.807) is 0 Å². The van der Waals surface area contributed by atoms with Crippen molar-refractivity contribution in [1.29, 1.82) is 0 Å². The molecule has 3 aliphatic rings. The molecule has 2 N–H and O–H groups in total. The molecule has 1 heterocycles. The summed E-state index contributed by atoms with van der Waals surface area (Å²) in [6, 6.07) is 5.85. The number of fused-ring (bicyclic) bond motifs is 5. The molecule has 1 amide bonds. The van der Waals surface area contributed by atoms with E-state index >= 15 is 0 Å². The molecule has 1 saturated carbocycles. The third-order valence-corrected chi connectivity index (χ3v) is 6.10. The van der Waals surface area contributed by atoms with Gasteiger partial charge in [0.1, 0.15) is 5.75 Å². The second-order valence-electron chi connectivity index (χ2n) is 6.96. The zero-order chi connectivity index (χ0) is 13.9. The molecular formula is C17H21NO2. The standard InChI is InChI=1S/C17H21NO2/c1-17-7-6-13-12-5-3-11(19)8-10(12)2-4-14(13)15(17)9-18-16(17)20/h3,5,8,13-15,19H,2,4,6-7,9H2,1H3,(H,18,20)/t13-,14-,15+,17+/m1/s1. The summed E-state index contributed by atoms with van der Waals surface area (Å²) in [5, 5.41) is 12.7. The SMILES string of the molecule is C[C@]12CC[C@@H]3c4ccc(O)cc4CC[C@H]3[C@@H]1CNC2=O. The number of hydrogen-bond donors (Lipinski definition) is 2. The summed E-state index contributed by atoms with van der Waals surface area (Å²) in [7, 11) is 0. The van der Waals surface area contributed by atoms with Crippen LogP contribution in [0.1, 0.15) is 43.2 Å². The highest BCUT2D eigenvalue weighted by Gasteiger charge is 2.54. The van der Waals surface area contributed by atoms with Crippen molar-refractivity contribution in [3.8, 4) is 5.75 Å². The van der Waals surface area contributed by atoms with E-state index in [4.69, 9.17) is 0 Å². The molecule has 1 aliphatic heterocycles. The number of amides is 1. The number of carbonyl (C=O) groups is 1. The van der Waals surface area contributed by atoms with E-state index in [-0.39, 0.29) is 11.3 Å². The van der Waals surface area contributed by atoms with Crippen molar-refractivity contribution < 1.29 is 9.90 Å². The molecular weight excluding hydrogens is 250 g/mol. The maximum absolute atomic E-state index is 12.2. The van der Waals surface area contributed by atoms with Crippen LogP contribution < -0.4 is 5.32 Å². The van der Waals surface area contributed by atoms with Crippen molar-refractivity contribution in [3.05, 3.63) is 29.3 Å². The van der Waals surface area contributed by atoms with Crippen LogP contribution in [0.4, 0.5) is 0 Å². The molecule has 0 aromatic heterocycles. The van der Waals surface area contributed by atoms with Gasteiger partial charge in [-0.05, 0) is 66.7 Å². The van der Waals surface area contributed by atoms with Crippen LogP contribution in [0, 0.1) is 17.3 Å². The van der Waals surface area contributed by atoms with E-state index in [9.17, 15) is 9.90 Å². The monoisotopic (exact) mass is 271 g/mol. The molecule has 3 heteroatoms. The van der Waals surface area contributed by atoms with Gasteiger partial charge in [0.05, 0.1) is 5.41 Å². The van der Waals surface area contributed by atoms with E-state index < -0.39 is 0 Å². The summed E-state index contributed by atoms with van der Waals surface area (Å²) >= 11 is 0. The Labute approximate surface area is 119 Å². The maximum atomic E-state index is 12.2. The van der Waals surface area contributed by atoms with E-state index in [0.717, 1.165) is 32.2 Å². The van der Waals surface area contributed by atoms with Crippen LogP contribution in [-0.2, 0) is 11.2 Å². The fourth-order valence-electron chi connectivity index (χ4n) is 4.95. The smallest absolute Gasteiger partial charge is 0.226 e. The van der Waals surface area contributed by atoms with Gasteiger partial charge in [-0.15, -0.1) is 0 Å². The molecule has 1 saturated heterocycles. The number of carbonyl (C=O) groups excluding carboxylic acids is 1. The zero-order valence-corrected chi connectivity index (χ0v) is 11.9. The van der Waals surface area contributed by atoms with Crippen molar-refractivity contribution in [2.45, 2.75) is 38.5 Å². The van der Waals surface area contributed by atoms with E-state index in [1.165, 1.54) is 11.1 Å². The predicted octanol–water partition coefficient (Wildman–Crippen LogP) is 2.58. The number of hydrogen-bond acceptors (Lipinski definition) is 2. The van der Waals surface area contributed by atoms with Crippen LogP contribution in [0.2, 0.25) is 0 Å². The Kier molecular flexibility index (Phi) is 2.45. The minimum atomic E-state index is -0.143. The molecule has 1 aromatic rings. The lowest BCUT2D eigenvalue weighted by Gasteiger charge is -2.47. The Morgan fingerprint density at radius 3 is 3.05 bits per heavy atom. The number of aromatic hydroxyl groups is 1. The Morgan fingerprint density at radius 2 is 2.20 bits per heavy atom. The van der Waals surface area contributed by atoms with Gasteiger partial charge < -0.3 is 10.4 Å². The first-order valence-electron chi connectivity index (χ1n) is 7.70. The van der Waals surface area contributed by atoms with Crippen molar-refractivity contribution in [2.75, 3.05) is 6.54 Å². The van der Waals surface area contributed by atoms with Gasteiger partial charge in [0.2, 0.25) is 5.91 Å². The molecule has 0 unspecified atom stereocenters. The third kappa shape index (κ3) is 1.49. The van der Waals surface area contributed by atoms with Crippen LogP contribution in [0.5, 0.6) is 5.75 Å². The molecule has 1 aromatic carbocycles. The lowest BCUT2D eigenvalue weighted by atomic mass is 9.55. The van der Waals surface area contributed by atoms with Crippen LogP contribution in [0.15, 0.2) is 18.2 Å². The first-order chi connectivity index (χ1) is 9.59. The molecule has 20 heavy (non-hydrogen) atoms. The molecule has 0 bridgehead atoms. The zero-order valence-electron chi connectivity index (χ0n) is 11.9. The van der Waals surface area contributed by atoms with Crippen LogP contribution in [-0.4, -0.2) is 17.6 Å². The summed E-state index contributed by atoms with van der Waals surface area (Å²) in [6.45, 7) is 3.01. The second kappa shape index (κ2) is 4.00. The molecule has 2 fully saturated rings. The van der Waals surface area contributed by atoms with Gasteiger partial charge in [-0.25, -0.2) is 0 Å². The first kappa shape index (κ1) is 12.2. The van der Waals surface area contributed by atoms with Gasteiger partial charge in [-0.2, -0.15) is 0 Å². The summed E-state index contributed by atoms with van der Waals surface area (Å²) in [6.07, 6.45) is 4.27. The lowest BCUT2D eigenvalue weighted by Crippen LogP contribution is -2.43. The Balaban J connectivity index is 1.73. The highest BCUT2D eigenvalue weighted by molar-refractivity contribution is 5.85. The summed E-state index contributed by atoms with van der Waals surface area (Å²) in [4.78, 5) is 12.2. The first-order valence-corrected chi connectivity index (χ1v) is 7.70. The number of nitrogens with one attached hydrogen (secondary N) is 1. The molecule has 0 spiro atoms. The average Bonchev–Trinajstić information content (AvgIpc) is 2.74. The molecule has 2 aliphatic carbocycles. The van der Waals surface area contributed by atoms with Gasteiger partial charge in [0, 0.05) is 6.54 Å². The van der Waals surface area contributed by atoms with Gasteiger partial charge in [-0.3, -0.25) is 4.79 Å². The highest BCUT2D eigenvalue weighted by atomic mass is 16.3. The van der Waals surface area contributed by atoms with E-state index in [0.29, 0.717) is 23.5 Å². The van der Waals surface area contributed by atoms with Gasteiger partial charge in [-0.1, -0.05) is 13.0 Å². The summed E-state index contributed by atoms with van der Waals surface area (Å²) in [5.41, 5.74) is 2.59. The average molecular weight is 271 g/mol.